The van der Waals surface area contributed by atoms with E-state index in [-0.39, 0.29) is 33.4 Å². The van der Waals surface area contributed by atoms with Gasteiger partial charge in [-0.05, 0) is 44.2 Å². The summed E-state index contributed by atoms with van der Waals surface area (Å²) in [4.78, 5) is 18.5. The molecule has 0 aliphatic heterocycles. The van der Waals surface area contributed by atoms with E-state index in [1.54, 1.807) is 6.92 Å². The van der Waals surface area contributed by atoms with Gasteiger partial charge in [0, 0.05) is 5.54 Å². The smallest absolute Gasteiger partial charge is 0.332 e. The van der Waals surface area contributed by atoms with Crippen LogP contribution in [-0.4, -0.2) is 20.4 Å². The molecule has 0 fully saturated rings. The molecule has 0 spiro atoms. The third-order valence-electron chi connectivity index (χ3n) is 2.64. The molecule has 0 radical (unpaired) electrons. The van der Waals surface area contributed by atoms with Crippen LogP contribution in [0.15, 0.2) is 0 Å². The fourth-order valence-electron chi connectivity index (χ4n) is 2.53. The van der Waals surface area contributed by atoms with Crippen molar-refractivity contribution in [2.75, 3.05) is 5.32 Å². The summed E-state index contributed by atoms with van der Waals surface area (Å²) in [5.74, 6) is 0.168. The summed E-state index contributed by atoms with van der Waals surface area (Å²) < 4.78 is 0. The number of halogens is 1. The molecule has 0 bridgehead atoms. The summed E-state index contributed by atoms with van der Waals surface area (Å²) in [5.41, 5.74) is -0.148. The lowest BCUT2D eigenvalue weighted by molar-refractivity contribution is -0.385. The Balaban J connectivity index is 3.17. The molecule has 1 rings (SSSR count). The topological polar surface area (TPSA) is 81.0 Å². The zero-order valence-electron chi connectivity index (χ0n) is 12.7. The number of nitro groups is 1. The molecule has 0 aromatic carbocycles. The molecule has 1 aromatic heterocycles. The molecule has 20 heavy (non-hydrogen) atoms. The van der Waals surface area contributed by atoms with Crippen molar-refractivity contribution in [3.63, 3.8) is 0 Å². The van der Waals surface area contributed by atoms with Crippen LogP contribution in [0.3, 0.4) is 0 Å². The normalized spacial score (nSPS) is 12.3. The standard InChI is InChI=1S/C13H21ClN4O2/c1-8-9(18(19)20)10(16-11(14)15-8)17-13(5,6)7-12(2,3)4/h7H2,1-6H3,(H,15,16,17). The van der Waals surface area contributed by atoms with Crippen LogP contribution in [0.5, 0.6) is 0 Å². The maximum Gasteiger partial charge on any atom is 0.332 e. The van der Waals surface area contributed by atoms with Gasteiger partial charge in [-0.1, -0.05) is 20.8 Å². The van der Waals surface area contributed by atoms with Gasteiger partial charge in [0.05, 0.1) is 4.92 Å². The fraction of sp³-hybridized carbons (Fsp3) is 0.692. The van der Waals surface area contributed by atoms with Crippen LogP contribution in [-0.2, 0) is 0 Å². The number of anilines is 1. The summed E-state index contributed by atoms with van der Waals surface area (Å²) in [6.07, 6.45) is 0.817. The molecule has 112 valence electrons. The predicted molar refractivity (Wildman–Crippen MR) is 80.2 cm³/mol. The summed E-state index contributed by atoms with van der Waals surface area (Å²) in [6.45, 7) is 11.9. The fourth-order valence-corrected chi connectivity index (χ4v) is 2.74. The minimum Gasteiger partial charge on any atom is -0.359 e. The van der Waals surface area contributed by atoms with E-state index < -0.39 is 4.92 Å². The Morgan fingerprint density at radius 1 is 1.25 bits per heavy atom. The van der Waals surface area contributed by atoms with E-state index in [4.69, 9.17) is 11.6 Å². The molecule has 1 aromatic rings. The first-order valence-electron chi connectivity index (χ1n) is 6.38. The number of nitrogens with one attached hydrogen (secondary N) is 1. The highest BCUT2D eigenvalue weighted by atomic mass is 35.5. The van der Waals surface area contributed by atoms with Crippen LogP contribution in [0.25, 0.3) is 0 Å². The van der Waals surface area contributed by atoms with E-state index in [0.717, 1.165) is 6.42 Å². The third kappa shape index (κ3) is 4.59. The molecule has 0 atom stereocenters. The number of hydrogen-bond donors (Lipinski definition) is 1. The number of rotatable bonds is 4. The molecule has 0 amide bonds. The monoisotopic (exact) mass is 300 g/mol. The zero-order chi connectivity index (χ0) is 15.7. The Hall–Kier alpha value is -1.43. The lowest BCUT2D eigenvalue weighted by Gasteiger charge is -2.33. The minimum atomic E-state index is -0.485. The summed E-state index contributed by atoms with van der Waals surface area (Å²) in [5, 5.41) is 14.3. The maximum atomic E-state index is 11.2. The lowest BCUT2D eigenvalue weighted by Crippen LogP contribution is -2.36. The van der Waals surface area contributed by atoms with Crippen LogP contribution in [0.1, 0.15) is 46.7 Å². The Morgan fingerprint density at radius 3 is 2.25 bits per heavy atom. The van der Waals surface area contributed by atoms with Gasteiger partial charge in [-0.2, -0.15) is 4.98 Å². The number of aromatic nitrogens is 2. The maximum absolute atomic E-state index is 11.2. The second-order valence-electron chi connectivity index (χ2n) is 6.78. The van der Waals surface area contributed by atoms with Gasteiger partial charge in [-0.15, -0.1) is 0 Å². The third-order valence-corrected chi connectivity index (χ3v) is 2.81. The molecule has 0 aliphatic rings. The first kappa shape index (κ1) is 16.6. The van der Waals surface area contributed by atoms with Crippen LogP contribution >= 0.6 is 11.6 Å². The van der Waals surface area contributed by atoms with Crippen molar-refractivity contribution >= 4 is 23.1 Å². The molecule has 7 heteroatoms. The van der Waals surface area contributed by atoms with Crippen LogP contribution in [0.4, 0.5) is 11.5 Å². The van der Waals surface area contributed by atoms with Crippen molar-refractivity contribution < 1.29 is 4.92 Å². The molecule has 6 nitrogen and oxygen atoms in total. The first-order chi connectivity index (χ1) is 8.91. The van der Waals surface area contributed by atoms with Crippen LogP contribution < -0.4 is 5.32 Å². The Bertz CT molecular complexity index is 524. The van der Waals surface area contributed by atoms with Crippen molar-refractivity contribution in [3.8, 4) is 0 Å². The second kappa shape index (κ2) is 5.52. The average Bonchev–Trinajstić information content (AvgIpc) is 2.08. The molecule has 0 aliphatic carbocycles. The zero-order valence-corrected chi connectivity index (χ0v) is 13.5. The summed E-state index contributed by atoms with van der Waals surface area (Å²) in [7, 11) is 0. The SMILES string of the molecule is Cc1nc(Cl)nc(NC(C)(C)CC(C)(C)C)c1[N+](=O)[O-]. The van der Waals surface area contributed by atoms with E-state index in [0.29, 0.717) is 0 Å². The number of aryl methyl sites for hydroxylation is 1. The van der Waals surface area contributed by atoms with E-state index in [1.165, 1.54) is 0 Å². The summed E-state index contributed by atoms with van der Waals surface area (Å²) >= 11 is 5.80. The molecule has 0 unspecified atom stereocenters. The van der Waals surface area contributed by atoms with E-state index in [9.17, 15) is 10.1 Å². The van der Waals surface area contributed by atoms with Gasteiger partial charge < -0.3 is 5.32 Å². The molecule has 0 saturated heterocycles. The largest absolute Gasteiger partial charge is 0.359 e. The highest BCUT2D eigenvalue weighted by Crippen LogP contribution is 2.33. The summed E-state index contributed by atoms with van der Waals surface area (Å²) in [6, 6.07) is 0. The Labute approximate surface area is 124 Å². The molecule has 0 saturated carbocycles. The predicted octanol–water partition coefficient (Wildman–Crippen LogP) is 3.97. The van der Waals surface area contributed by atoms with Crippen molar-refractivity contribution in [2.45, 2.75) is 53.5 Å². The molecular formula is C13H21ClN4O2. The molecular weight excluding hydrogens is 280 g/mol. The van der Waals surface area contributed by atoms with Gasteiger partial charge >= 0.3 is 5.69 Å². The highest BCUT2D eigenvalue weighted by Gasteiger charge is 2.30. The van der Waals surface area contributed by atoms with E-state index in [2.05, 4.69) is 36.1 Å². The van der Waals surface area contributed by atoms with Gasteiger partial charge in [0.2, 0.25) is 11.1 Å². The second-order valence-corrected chi connectivity index (χ2v) is 7.12. The van der Waals surface area contributed by atoms with Gasteiger partial charge in [0.15, 0.2) is 0 Å². The quantitative estimate of drug-likeness (QED) is 0.517. The number of hydrogen-bond acceptors (Lipinski definition) is 5. The van der Waals surface area contributed by atoms with Crippen molar-refractivity contribution in [1.29, 1.82) is 0 Å². The minimum absolute atomic E-state index is 0.00200. The van der Waals surface area contributed by atoms with Gasteiger partial charge in [0.1, 0.15) is 5.69 Å². The Kier molecular flexibility index (Phi) is 4.59. The number of nitrogens with zero attached hydrogens (tertiary/aromatic N) is 3. The molecule has 1 heterocycles. The molecule has 1 N–H and O–H groups in total. The lowest BCUT2D eigenvalue weighted by atomic mass is 9.82. The van der Waals surface area contributed by atoms with Gasteiger partial charge in [-0.25, -0.2) is 4.98 Å². The van der Waals surface area contributed by atoms with Gasteiger partial charge in [0.25, 0.3) is 0 Å². The average molecular weight is 301 g/mol. The first-order valence-corrected chi connectivity index (χ1v) is 6.76. The highest BCUT2D eigenvalue weighted by molar-refractivity contribution is 6.28. The van der Waals surface area contributed by atoms with E-state index >= 15 is 0 Å². The van der Waals surface area contributed by atoms with Crippen LogP contribution in [0, 0.1) is 22.5 Å². The van der Waals surface area contributed by atoms with Gasteiger partial charge in [-0.3, -0.25) is 10.1 Å². The van der Waals surface area contributed by atoms with Crippen molar-refractivity contribution in [3.05, 3.63) is 21.1 Å². The van der Waals surface area contributed by atoms with Crippen LogP contribution in [0.2, 0.25) is 5.28 Å². The van der Waals surface area contributed by atoms with Crippen molar-refractivity contribution in [1.82, 2.24) is 9.97 Å². The van der Waals surface area contributed by atoms with Crippen molar-refractivity contribution in [2.24, 2.45) is 5.41 Å². The van der Waals surface area contributed by atoms with E-state index in [1.807, 2.05) is 13.8 Å². The Morgan fingerprint density at radius 2 is 1.80 bits per heavy atom.